The molecule has 2 heterocycles. The summed E-state index contributed by atoms with van der Waals surface area (Å²) >= 11 is 0. The van der Waals surface area contributed by atoms with Gasteiger partial charge < -0.3 is 24.8 Å². The lowest BCUT2D eigenvalue weighted by Gasteiger charge is -2.31. The minimum Gasteiger partial charge on any atom is -0.454 e. The van der Waals surface area contributed by atoms with Crippen molar-refractivity contribution in [1.82, 2.24) is 5.32 Å². The molecule has 2 N–H and O–H groups in total. The van der Waals surface area contributed by atoms with Crippen LogP contribution in [0, 0.1) is 11.7 Å². The fourth-order valence-corrected chi connectivity index (χ4v) is 4.99. The van der Waals surface area contributed by atoms with Gasteiger partial charge in [0.25, 0.3) is 5.91 Å². The molecule has 0 spiro atoms. The van der Waals surface area contributed by atoms with Crippen molar-refractivity contribution in [1.29, 1.82) is 0 Å². The van der Waals surface area contributed by atoms with E-state index in [2.05, 4.69) is 10.3 Å². The number of benzodiazepines with no additional fused rings is 1. The van der Waals surface area contributed by atoms with Crippen molar-refractivity contribution in [2.45, 2.75) is 45.1 Å². The van der Waals surface area contributed by atoms with E-state index in [1.165, 1.54) is 11.8 Å². The number of anilines is 1. The highest BCUT2D eigenvalue weighted by atomic mass is 19.4. The van der Waals surface area contributed by atoms with E-state index in [9.17, 15) is 32.3 Å². The number of β-amino-alcohol motifs (C(OH)–C–C–N with tert-alkyl or cyclic N) is 1. The number of benzene rings is 3. The molecule has 12 heteroatoms. The molecule has 5 rings (SSSR count). The summed E-state index contributed by atoms with van der Waals surface area (Å²) in [7, 11) is 0. The largest absolute Gasteiger partial charge is 0.454 e. The van der Waals surface area contributed by atoms with Crippen molar-refractivity contribution in [2.75, 3.05) is 18.2 Å². The molecule has 0 bridgehead atoms. The summed E-state index contributed by atoms with van der Waals surface area (Å²) in [5.41, 5.74) is -0.513. The van der Waals surface area contributed by atoms with Crippen LogP contribution >= 0.6 is 0 Å². The molecule has 2 atom stereocenters. The molecule has 3 aromatic rings. The standard InChI is InChI=1S/C31H29F4N3O5/c1-17(12-18-8-10-21(22(32)13-18)31(33,34)35)28(39)37-27-29(40)38(15-30(2,3)41)23-7-5-4-6-20(23)26(36-27)19-9-11-24-25(14-19)43-16-42-24/h4-11,13-14,17,27,41H,12,15-16H2,1-3H3,(H,37,39)/t17-,27?/m0/s1. The molecule has 0 aromatic heterocycles. The van der Waals surface area contributed by atoms with E-state index in [0.717, 1.165) is 12.1 Å². The Balaban J connectivity index is 1.48. The van der Waals surface area contributed by atoms with Crippen LogP contribution in [-0.2, 0) is 22.2 Å². The molecule has 0 aliphatic carbocycles. The molecule has 2 aliphatic heterocycles. The first kappa shape index (κ1) is 30.0. The number of halogens is 4. The number of para-hydroxylation sites is 1. The molecule has 0 radical (unpaired) electrons. The Kier molecular flexibility index (Phi) is 7.91. The average molecular weight is 600 g/mol. The summed E-state index contributed by atoms with van der Waals surface area (Å²) in [6.07, 6.45) is -6.35. The number of aliphatic hydroxyl groups is 1. The van der Waals surface area contributed by atoms with Crippen molar-refractivity contribution in [3.63, 3.8) is 0 Å². The molecule has 3 aromatic carbocycles. The zero-order valence-corrected chi connectivity index (χ0v) is 23.5. The molecule has 0 saturated heterocycles. The second-order valence-electron chi connectivity index (χ2n) is 11.1. The first-order valence-corrected chi connectivity index (χ1v) is 13.5. The Morgan fingerprint density at radius 2 is 1.81 bits per heavy atom. The molecular formula is C31H29F4N3O5. The van der Waals surface area contributed by atoms with E-state index in [0.29, 0.717) is 40.1 Å². The lowest BCUT2D eigenvalue weighted by atomic mass is 9.98. The maximum absolute atomic E-state index is 14.1. The summed E-state index contributed by atoms with van der Waals surface area (Å²) in [6, 6.07) is 14.7. The highest BCUT2D eigenvalue weighted by molar-refractivity contribution is 6.20. The van der Waals surface area contributed by atoms with Crippen LogP contribution < -0.4 is 19.7 Å². The van der Waals surface area contributed by atoms with Gasteiger partial charge in [0.15, 0.2) is 11.5 Å². The number of carbonyl (C=O) groups excluding carboxylic acids is 2. The maximum Gasteiger partial charge on any atom is 0.419 e. The predicted octanol–water partition coefficient (Wildman–Crippen LogP) is 4.85. The van der Waals surface area contributed by atoms with Gasteiger partial charge in [-0.25, -0.2) is 9.38 Å². The molecule has 8 nitrogen and oxygen atoms in total. The minimum absolute atomic E-state index is 0.0547. The van der Waals surface area contributed by atoms with Gasteiger partial charge in [-0.15, -0.1) is 0 Å². The first-order valence-electron chi connectivity index (χ1n) is 13.5. The molecular weight excluding hydrogens is 570 g/mol. The fourth-order valence-electron chi connectivity index (χ4n) is 4.99. The van der Waals surface area contributed by atoms with Gasteiger partial charge in [-0.2, -0.15) is 13.2 Å². The highest BCUT2D eigenvalue weighted by Crippen LogP contribution is 2.36. The van der Waals surface area contributed by atoms with Crippen LogP contribution in [0.4, 0.5) is 23.2 Å². The van der Waals surface area contributed by atoms with Gasteiger partial charge in [0.2, 0.25) is 18.9 Å². The number of ether oxygens (including phenoxy) is 2. The molecule has 43 heavy (non-hydrogen) atoms. The fraction of sp³-hybridized carbons (Fsp3) is 0.323. The second-order valence-corrected chi connectivity index (χ2v) is 11.1. The van der Waals surface area contributed by atoms with Crippen LogP contribution in [0.5, 0.6) is 11.5 Å². The van der Waals surface area contributed by atoms with Gasteiger partial charge in [-0.05, 0) is 62.2 Å². The van der Waals surface area contributed by atoms with Gasteiger partial charge in [-0.3, -0.25) is 9.59 Å². The number of aliphatic imine (C=N–C) groups is 1. The van der Waals surface area contributed by atoms with Crippen LogP contribution in [0.1, 0.15) is 43.0 Å². The van der Waals surface area contributed by atoms with Crippen LogP contribution in [0.2, 0.25) is 0 Å². The number of rotatable bonds is 7. The zero-order chi connectivity index (χ0) is 31.1. The summed E-state index contributed by atoms with van der Waals surface area (Å²) in [6.45, 7) is 4.55. The number of fused-ring (bicyclic) bond motifs is 2. The molecule has 0 saturated carbocycles. The molecule has 1 unspecified atom stereocenters. The lowest BCUT2D eigenvalue weighted by molar-refractivity contribution is -0.140. The zero-order valence-electron chi connectivity index (χ0n) is 23.5. The Hall–Kier alpha value is -4.45. The lowest BCUT2D eigenvalue weighted by Crippen LogP contribution is -2.52. The highest BCUT2D eigenvalue weighted by Gasteiger charge is 2.37. The third kappa shape index (κ3) is 6.48. The molecule has 2 aliphatic rings. The number of amides is 2. The Bertz CT molecular complexity index is 1600. The molecule has 0 fully saturated rings. The van der Waals surface area contributed by atoms with Gasteiger partial charge in [0.05, 0.1) is 29.1 Å². The smallest absolute Gasteiger partial charge is 0.419 e. The third-order valence-corrected chi connectivity index (χ3v) is 7.01. The first-order chi connectivity index (χ1) is 20.2. The number of hydrogen-bond acceptors (Lipinski definition) is 6. The predicted molar refractivity (Wildman–Crippen MR) is 149 cm³/mol. The molecule has 226 valence electrons. The van der Waals surface area contributed by atoms with E-state index in [4.69, 9.17) is 9.47 Å². The Morgan fingerprint density at radius 3 is 2.51 bits per heavy atom. The van der Waals surface area contributed by atoms with Crippen molar-refractivity contribution in [3.05, 3.63) is 88.7 Å². The number of alkyl halides is 3. The Labute approximate surface area is 244 Å². The van der Waals surface area contributed by atoms with Crippen LogP contribution in [0.3, 0.4) is 0 Å². The van der Waals surface area contributed by atoms with Gasteiger partial charge >= 0.3 is 6.18 Å². The van der Waals surface area contributed by atoms with Crippen molar-refractivity contribution < 1.29 is 41.7 Å². The summed E-state index contributed by atoms with van der Waals surface area (Å²) in [4.78, 5) is 33.3. The van der Waals surface area contributed by atoms with Gasteiger partial charge in [-0.1, -0.05) is 31.2 Å². The minimum atomic E-state index is -4.84. The van der Waals surface area contributed by atoms with Crippen molar-refractivity contribution >= 4 is 23.2 Å². The van der Waals surface area contributed by atoms with Gasteiger partial charge in [0, 0.05) is 17.0 Å². The topological polar surface area (TPSA) is 100 Å². The van der Waals surface area contributed by atoms with Crippen molar-refractivity contribution in [3.8, 4) is 11.5 Å². The number of nitrogens with one attached hydrogen (secondary N) is 1. The summed E-state index contributed by atoms with van der Waals surface area (Å²) < 4.78 is 64.0. The maximum atomic E-state index is 14.1. The monoisotopic (exact) mass is 599 g/mol. The average Bonchev–Trinajstić information content (AvgIpc) is 3.37. The second kappa shape index (κ2) is 11.3. The number of hydrogen-bond donors (Lipinski definition) is 2. The van der Waals surface area contributed by atoms with E-state index in [-0.39, 0.29) is 25.3 Å². The normalized spacial score (nSPS) is 17.2. The van der Waals surface area contributed by atoms with E-state index >= 15 is 0 Å². The summed E-state index contributed by atoms with van der Waals surface area (Å²) in [5.74, 6) is -2.49. The Morgan fingerprint density at radius 1 is 1.09 bits per heavy atom. The summed E-state index contributed by atoms with van der Waals surface area (Å²) in [5, 5.41) is 13.3. The van der Waals surface area contributed by atoms with Crippen LogP contribution in [0.25, 0.3) is 0 Å². The van der Waals surface area contributed by atoms with Crippen LogP contribution in [-0.4, -0.2) is 47.7 Å². The van der Waals surface area contributed by atoms with E-state index in [1.54, 1.807) is 56.3 Å². The molecule has 2 amide bonds. The van der Waals surface area contributed by atoms with Gasteiger partial charge in [0.1, 0.15) is 5.82 Å². The van der Waals surface area contributed by atoms with Crippen molar-refractivity contribution in [2.24, 2.45) is 10.9 Å². The SMILES string of the molecule is C[C@@H](Cc1ccc(C(F)(F)F)c(F)c1)C(=O)NC1N=C(c2ccc3c(c2)OCO3)c2ccccc2N(CC(C)(C)O)C1=O. The third-order valence-electron chi connectivity index (χ3n) is 7.01. The number of nitrogens with zero attached hydrogens (tertiary/aromatic N) is 2. The van der Waals surface area contributed by atoms with Crippen LogP contribution in [0.15, 0.2) is 65.7 Å². The van der Waals surface area contributed by atoms with E-state index in [1.807, 2.05) is 0 Å². The van der Waals surface area contributed by atoms with E-state index < -0.39 is 47.1 Å². The quantitative estimate of drug-likeness (QED) is 0.379. The number of carbonyl (C=O) groups is 2.